The van der Waals surface area contributed by atoms with Gasteiger partial charge in [0.05, 0.1) is 5.60 Å². The van der Waals surface area contributed by atoms with E-state index in [1.807, 2.05) is 6.92 Å². The molecule has 1 heteroatoms. The summed E-state index contributed by atoms with van der Waals surface area (Å²) in [6.45, 7) is 4.06. The molecule has 1 fully saturated rings. The van der Waals surface area contributed by atoms with Crippen molar-refractivity contribution in [3.8, 4) is 11.8 Å². The summed E-state index contributed by atoms with van der Waals surface area (Å²) in [6, 6.07) is 0. The highest BCUT2D eigenvalue weighted by molar-refractivity contribution is 4.98. The summed E-state index contributed by atoms with van der Waals surface area (Å²) in [5.41, 5.74) is -0.386. The third-order valence-electron chi connectivity index (χ3n) is 2.72. The summed E-state index contributed by atoms with van der Waals surface area (Å²) in [7, 11) is 0. The largest absolute Gasteiger partial charge is 0.390 e. The van der Waals surface area contributed by atoms with Crippen LogP contribution in [0.3, 0.4) is 0 Å². The fraction of sp³-hybridized carbons (Fsp3) is 0.818. The van der Waals surface area contributed by atoms with Gasteiger partial charge in [-0.25, -0.2) is 0 Å². The van der Waals surface area contributed by atoms with E-state index >= 15 is 0 Å². The lowest BCUT2D eigenvalue weighted by Crippen LogP contribution is -2.24. The summed E-state index contributed by atoms with van der Waals surface area (Å²) in [5, 5.41) is 10.0. The van der Waals surface area contributed by atoms with Crippen molar-refractivity contribution in [1.29, 1.82) is 0 Å². The molecule has 0 aromatic heterocycles. The smallest absolute Gasteiger partial charge is 0.0659 e. The maximum atomic E-state index is 10.0. The molecule has 0 aliphatic heterocycles. The Labute approximate surface area is 75.2 Å². The standard InChI is InChI=1S/C11H18O/c1-3-4-5-7-11(12)8-6-10(2)9-11/h10,12H,5-9H2,1-2H3. The van der Waals surface area contributed by atoms with Gasteiger partial charge in [0.1, 0.15) is 0 Å². The summed E-state index contributed by atoms with van der Waals surface area (Å²) >= 11 is 0. The van der Waals surface area contributed by atoms with Crippen molar-refractivity contribution in [3.63, 3.8) is 0 Å². The van der Waals surface area contributed by atoms with Gasteiger partial charge in [-0.3, -0.25) is 0 Å². The van der Waals surface area contributed by atoms with Crippen LogP contribution >= 0.6 is 0 Å². The number of rotatable bonds is 2. The van der Waals surface area contributed by atoms with Gasteiger partial charge >= 0.3 is 0 Å². The van der Waals surface area contributed by atoms with Crippen molar-refractivity contribution in [2.24, 2.45) is 5.92 Å². The first-order valence-corrected chi connectivity index (χ1v) is 4.78. The molecule has 1 saturated carbocycles. The second-order valence-electron chi connectivity index (χ2n) is 4.00. The van der Waals surface area contributed by atoms with Crippen LogP contribution in [0.2, 0.25) is 0 Å². The first-order valence-electron chi connectivity index (χ1n) is 4.78. The van der Waals surface area contributed by atoms with Crippen molar-refractivity contribution in [2.45, 2.75) is 51.6 Å². The van der Waals surface area contributed by atoms with Crippen LogP contribution < -0.4 is 0 Å². The Kier molecular flexibility index (Phi) is 3.17. The molecule has 1 aliphatic rings. The number of hydrogen-bond acceptors (Lipinski definition) is 1. The van der Waals surface area contributed by atoms with Crippen molar-refractivity contribution >= 4 is 0 Å². The molecule has 12 heavy (non-hydrogen) atoms. The molecule has 0 spiro atoms. The average Bonchev–Trinajstić information content (AvgIpc) is 2.32. The van der Waals surface area contributed by atoms with Gasteiger partial charge in [-0.2, -0.15) is 0 Å². The fourth-order valence-corrected chi connectivity index (χ4v) is 2.02. The highest BCUT2D eigenvalue weighted by Gasteiger charge is 2.34. The van der Waals surface area contributed by atoms with E-state index in [1.54, 1.807) is 0 Å². The van der Waals surface area contributed by atoms with E-state index in [2.05, 4.69) is 18.8 Å². The van der Waals surface area contributed by atoms with Crippen molar-refractivity contribution in [3.05, 3.63) is 0 Å². The zero-order chi connectivity index (χ0) is 9.03. The van der Waals surface area contributed by atoms with Gasteiger partial charge in [0, 0.05) is 6.42 Å². The van der Waals surface area contributed by atoms with E-state index in [1.165, 1.54) is 6.42 Å². The normalized spacial score (nSPS) is 34.4. The van der Waals surface area contributed by atoms with Crippen LogP contribution in [0.5, 0.6) is 0 Å². The molecule has 0 radical (unpaired) electrons. The van der Waals surface area contributed by atoms with E-state index in [-0.39, 0.29) is 5.60 Å². The fourth-order valence-electron chi connectivity index (χ4n) is 2.02. The molecular weight excluding hydrogens is 148 g/mol. The van der Waals surface area contributed by atoms with Crippen molar-refractivity contribution in [2.75, 3.05) is 0 Å². The van der Waals surface area contributed by atoms with Crippen molar-refractivity contribution in [1.82, 2.24) is 0 Å². The zero-order valence-electron chi connectivity index (χ0n) is 8.06. The third-order valence-corrected chi connectivity index (χ3v) is 2.72. The quantitative estimate of drug-likeness (QED) is 0.624. The molecule has 0 saturated heterocycles. The van der Waals surface area contributed by atoms with Gasteiger partial charge in [-0.05, 0) is 38.5 Å². The van der Waals surface area contributed by atoms with Crippen LogP contribution in [0, 0.1) is 17.8 Å². The molecule has 1 N–H and O–H groups in total. The Morgan fingerprint density at radius 3 is 2.83 bits per heavy atom. The van der Waals surface area contributed by atoms with E-state index in [4.69, 9.17) is 0 Å². The minimum atomic E-state index is -0.386. The summed E-state index contributed by atoms with van der Waals surface area (Å²) in [5.74, 6) is 6.56. The van der Waals surface area contributed by atoms with E-state index in [0.717, 1.165) is 25.7 Å². The Bertz CT molecular complexity index is 199. The lowest BCUT2D eigenvalue weighted by atomic mass is 9.95. The zero-order valence-corrected chi connectivity index (χ0v) is 8.06. The first-order chi connectivity index (χ1) is 5.66. The maximum Gasteiger partial charge on any atom is 0.0659 e. The molecular formula is C11H18O. The van der Waals surface area contributed by atoms with Gasteiger partial charge in [0.25, 0.3) is 0 Å². The summed E-state index contributed by atoms with van der Waals surface area (Å²) in [4.78, 5) is 0. The molecule has 1 rings (SSSR count). The van der Waals surface area contributed by atoms with Gasteiger partial charge in [0.2, 0.25) is 0 Å². The second-order valence-corrected chi connectivity index (χ2v) is 4.00. The first kappa shape index (κ1) is 9.61. The lowest BCUT2D eigenvalue weighted by molar-refractivity contribution is 0.0369. The third kappa shape index (κ3) is 2.53. The monoisotopic (exact) mass is 166 g/mol. The predicted octanol–water partition coefficient (Wildman–Crippen LogP) is 2.34. The molecule has 0 amide bonds. The highest BCUT2D eigenvalue weighted by Crippen LogP contribution is 2.37. The topological polar surface area (TPSA) is 20.2 Å². The molecule has 68 valence electrons. The molecule has 2 unspecified atom stereocenters. The molecule has 1 nitrogen and oxygen atoms in total. The van der Waals surface area contributed by atoms with Crippen LogP contribution in [0.15, 0.2) is 0 Å². The number of hydrogen-bond donors (Lipinski definition) is 1. The van der Waals surface area contributed by atoms with Gasteiger partial charge in [-0.1, -0.05) is 6.92 Å². The molecule has 2 atom stereocenters. The van der Waals surface area contributed by atoms with E-state index in [9.17, 15) is 5.11 Å². The minimum Gasteiger partial charge on any atom is -0.390 e. The molecule has 0 heterocycles. The molecule has 0 aromatic carbocycles. The maximum absolute atomic E-state index is 10.0. The Balaban J connectivity index is 2.33. The van der Waals surface area contributed by atoms with Crippen LogP contribution in [0.1, 0.15) is 46.0 Å². The molecule has 0 aromatic rings. The van der Waals surface area contributed by atoms with E-state index in [0.29, 0.717) is 5.92 Å². The van der Waals surface area contributed by atoms with Crippen LogP contribution in [0.25, 0.3) is 0 Å². The van der Waals surface area contributed by atoms with Crippen LogP contribution in [-0.2, 0) is 0 Å². The summed E-state index contributed by atoms with van der Waals surface area (Å²) < 4.78 is 0. The lowest BCUT2D eigenvalue weighted by Gasteiger charge is -2.20. The van der Waals surface area contributed by atoms with Crippen molar-refractivity contribution < 1.29 is 5.11 Å². The number of aliphatic hydroxyl groups is 1. The van der Waals surface area contributed by atoms with Crippen LogP contribution in [-0.4, -0.2) is 10.7 Å². The molecule has 1 aliphatic carbocycles. The Hall–Kier alpha value is -0.480. The minimum absolute atomic E-state index is 0.386. The average molecular weight is 166 g/mol. The second kappa shape index (κ2) is 3.96. The van der Waals surface area contributed by atoms with Gasteiger partial charge in [0.15, 0.2) is 0 Å². The molecule has 0 bridgehead atoms. The van der Waals surface area contributed by atoms with Crippen LogP contribution in [0.4, 0.5) is 0 Å². The highest BCUT2D eigenvalue weighted by atomic mass is 16.3. The van der Waals surface area contributed by atoms with Gasteiger partial charge < -0.3 is 5.11 Å². The Morgan fingerprint density at radius 1 is 1.58 bits per heavy atom. The SMILES string of the molecule is CC#CCCC1(O)CCC(C)C1. The predicted molar refractivity (Wildman–Crippen MR) is 50.6 cm³/mol. The summed E-state index contributed by atoms with van der Waals surface area (Å²) in [6.07, 6.45) is 4.83. The van der Waals surface area contributed by atoms with E-state index < -0.39 is 0 Å². The Morgan fingerprint density at radius 2 is 2.33 bits per heavy atom. The van der Waals surface area contributed by atoms with Gasteiger partial charge in [-0.15, -0.1) is 11.8 Å².